The SMILES string of the molecule is COc1cc([N+](=O)[O-])ccc1NC(=O)C(=O)N1CCN(c2ccccc2F)CC1. The fraction of sp³-hybridized carbons (Fsp3) is 0.263. The third-order valence-corrected chi connectivity index (χ3v) is 4.60. The molecule has 152 valence electrons. The highest BCUT2D eigenvalue weighted by Gasteiger charge is 2.27. The number of benzene rings is 2. The van der Waals surface area contributed by atoms with E-state index in [1.54, 1.807) is 18.2 Å². The summed E-state index contributed by atoms with van der Waals surface area (Å²) in [5, 5.41) is 13.3. The number of halogens is 1. The van der Waals surface area contributed by atoms with Crippen molar-refractivity contribution in [2.45, 2.75) is 0 Å². The number of carbonyl (C=O) groups excluding carboxylic acids is 2. The maximum atomic E-state index is 13.9. The van der Waals surface area contributed by atoms with Gasteiger partial charge in [0.1, 0.15) is 11.6 Å². The first kappa shape index (κ1) is 20.1. The minimum Gasteiger partial charge on any atom is -0.494 e. The quantitative estimate of drug-likeness (QED) is 0.477. The van der Waals surface area contributed by atoms with Gasteiger partial charge in [-0.1, -0.05) is 12.1 Å². The summed E-state index contributed by atoms with van der Waals surface area (Å²) in [7, 11) is 1.30. The van der Waals surface area contributed by atoms with Crippen LogP contribution in [0.25, 0.3) is 0 Å². The maximum Gasteiger partial charge on any atom is 0.314 e. The standard InChI is InChI=1S/C19H19FN4O5/c1-29-17-12-13(24(27)28)6-7-15(17)21-18(25)19(26)23-10-8-22(9-11-23)16-5-3-2-4-14(16)20/h2-7,12H,8-11H2,1H3,(H,21,25). The van der Waals surface area contributed by atoms with Crippen LogP contribution in [0.4, 0.5) is 21.5 Å². The van der Waals surface area contributed by atoms with Crippen molar-refractivity contribution >= 4 is 28.9 Å². The van der Waals surface area contributed by atoms with Crippen LogP contribution in [-0.4, -0.2) is 54.9 Å². The van der Waals surface area contributed by atoms with Gasteiger partial charge in [-0.25, -0.2) is 4.39 Å². The highest BCUT2D eigenvalue weighted by atomic mass is 19.1. The average Bonchev–Trinajstić information content (AvgIpc) is 2.73. The fourth-order valence-electron chi connectivity index (χ4n) is 3.07. The lowest BCUT2D eigenvalue weighted by molar-refractivity contribution is -0.384. The molecule has 0 aliphatic carbocycles. The topological polar surface area (TPSA) is 105 Å². The van der Waals surface area contributed by atoms with Crippen molar-refractivity contribution in [3.8, 4) is 5.75 Å². The number of nitrogens with one attached hydrogen (secondary N) is 1. The van der Waals surface area contributed by atoms with Crippen molar-refractivity contribution in [3.63, 3.8) is 0 Å². The van der Waals surface area contributed by atoms with Crippen LogP contribution in [0.5, 0.6) is 5.75 Å². The Morgan fingerprint density at radius 3 is 2.45 bits per heavy atom. The molecule has 0 spiro atoms. The number of methoxy groups -OCH3 is 1. The highest BCUT2D eigenvalue weighted by molar-refractivity contribution is 6.39. The molecule has 0 aromatic heterocycles. The lowest BCUT2D eigenvalue weighted by atomic mass is 10.2. The van der Waals surface area contributed by atoms with Crippen LogP contribution < -0.4 is 15.0 Å². The summed E-state index contributed by atoms with van der Waals surface area (Å²) in [5.41, 5.74) is 0.413. The molecule has 0 bridgehead atoms. The number of nitro benzene ring substituents is 1. The maximum absolute atomic E-state index is 13.9. The predicted octanol–water partition coefficient (Wildman–Crippen LogP) is 2.03. The number of hydrogen-bond donors (Lipinski definition) is 1. The van der Waals surface area contributed by atoms with Crippen LogP contribution in [0.1, 0.15) is 0 Å². The van der Waals surface area contributed by atoms with Crippen LogP contribution in [0.15, 0.2) is 42.5 Å². The third kappa shape index (κ3) is 4.42. The highest BCUT2D eigenvalue weighted by Crippen LogP contribution is 2.29. The molecular formula is C19H19FN4O5. The lowest BCUT2D eigenvalue weighted by Crippen LogP contribution is -2.51. The van der Waals surface area contributed by atoms with Crippen molar-refractivity contribution in [1.82, 2.24) is 4.90 Å². The number of amides is 2. The second-order valence-electron chi connectivity index (χ2n) is 6.33. The molecule has 9 nitrogen and oxygen atoms in total. The number of nitrogens with zero attached hydrogens (tertiary/aromatic N) is 3. The number of nitro groups is 1. The zero-order valence-electron chi connectivity index (χ0n) is 15.6. The van der Waals surface area contributed by atoms with E-state index in [0.717, 1.165) is 6.07 Å². The molecule has 1 saturated heterocycles. The number of rotatable bonds is 4. The molecule has 1 aliphatic heterocycles. The number of anilines is 2. The van der Waals surface area contributed by atoms with Crippen LogP contribution in [0, 0.1) is 15.9 Å². The van der Waals surface area contributed by atoms with E-state index < -0.39 is 16.7 Å². The molecule has 0 atom stereocenters. The molecule has 29 heavy (non-hydrogen) atoms. The number of ether oxygens (including phenoxy) is 1. The monoisotopic (exact) mass is 402 g/mol. The van der Waals surface area contributed by atoms with Crippen molar-refractivity contribution < 1.29 is 23.6 Å². The molecule has 1 aliphatic rings. The second kappa shape index (κ2) is 8.55. The van der Waals surface area contributed by atoms with E-state index in [0.29, 0.717) is 18.8 Å². The van der Waals surface area contributed by atoms with Crippen molar-refractivity contribution in [2.24, 2.45) is 0 Å². The van der Waals surface area contributed by atoms with E-state index in [1.807, 2.05) is 4.90 Å². The summed E-state index contributed by atoms with van der Waals surface area (Å²) in [5.74, 6) is -1.88. The van der Waals surface area contributed by atoms with Crippen LogP contribution in [0.2, 0.25) is 0 Å². The first-order chi connectivity index (χ1) is 13.9. The van der Waals surface area contributed by atoms with Gasteiger partial charge < -0.3 is 19.9 Å². The Kier molecular flexibility index (Phi) is 5.91. The lowest BCUT2D eigenvalue weighted by Gasteiger charge is -2.35. The number of para-hydroxylation sites is 1. The van der Waals surface area contributed by atoms with Crippen LogP contribution >= 0.6 is 0 Å². The van der Waals surface area contributed by atoms with Crippen molar-refractivity contribution in [1.29, 1.82) is 0 Å². The smallest absolute Gasteiger partial charge is 0.314 e. The van der Waals surface area contributed by atoms with E-state index in [1.165, 1.54) is 30.2 Å². The van der Waals surface area contributed by atoms with E-state index in [-0.39, 0.29) is 36.0 Å². The van der Waals surface area contributed by atoms with Crippen LogP contribution in [-0.2, 0) is 9.59 Å². The third-order valence-electron chi connectivity index (χ3n) is 4.60. The number of hydrogen-bond acceptors (Lipinski definition) is 6. The van der Waals surface area contributed by atoms with E-state index in [4.69, 9.17) is 4.74 Å². The zero-order valence-corrected chi connectivity index (χ0v) is 15.6. The Morgan fingerprint density at radius 2 is 1.83 bits per heavy atom. The van der Waals surface area contributed by atoms with Crippen molar-refractivity contribution in [2.75, 3.05) is 43.5 Å². The van der Waals surface area contributed by atoms with Gasteiger partial charge in [0.15, 0.2) is 0 Å². The van der Waals surface area contributed by atoms with Gasteiger partial charge in [0, 0.05) is 32.2 Å². The van der Waals surface area contributed by atoms with Gasteiger partial charge >= 0.3 is 11.8 Å². The van der Waals surface area contributed by atoms with E-state index >= 15 is 0 Å². The Labute approximate surface area is 165 Å². The minimum atomic E-state index is -0.878. The largest absolute Gasteiger partial charge is 0.494 e. The molecular weight excluding hydrogens is 383 g/mol. The first-order valence-electron chi connectivity index (χ1n) is 8.83. The summed E-state index contributed by atoms with van der Waals surface area (Å²) in [4.78, 5) is 38.2. The number of carbonyl (C=O) groups is 2. The summed E-state index contributed by atoms with van der Waals surface area (Å²) in [6.45, 7) is 1.30. The fourth-order valence-corrected chi connectivity index (χ4v) is 3.07. The summed E-state index contributed by atoms with van der Waals surface area (Å²) in [6, 6.07) is 10.1. The molecule has 0 saturated carbocycles. The molecule has 1 N–H and O–H groups in total. The van der Waals surface area contributed by atoms with Gasteiger partial charge in [0.05, 0.1) is 29.5 Å². The Balaban J connectivity index is 1.62. The Hall–Kier alpha value is -3.69. The molecule has 1 heterocycles. The number of non-ortho nitro benzene ring substituents is 1. The van der Waals surface area contributed by atoms with Gasteiger partial charge in [-0.3, -0.25) is 19.7 Å². The molecule has 0 radical (unpaired) electrons. The summed E-state index contributed by atoms with van der Waals surface area (Å²) < 4.78 is 19.0. The van der Waals surface area contributed by atoms with Gasteiger partial charge in [-0.2, -0.15) is 0 Å². The molecule has 2 amide bonds. The van der Waals surface area contributed by atoms with Gasteiger partial charge in [-0.15, -0.1) is 0 Å². The molecule has 2 aromatic carbocycles. The molecule has 1 fully saturated rings. The summed E-state index contributed by atoms with van der Waals surface area (Å²) in [6.07, 6.45) is 0. The number of piperazine rings is 1. The summed E-state index contributed by atoms with van der Waals surface area (Å²) >= 11 is 0. The second-order valence-corrected chi connectivity index (χ2v) is 6.33. The average molecular weight is 402 g/mol. The minimum absolute atomic E-state index is 0.0738. The van der Waals surface area contributed by atoms with Crippen molar-refractivity contribution in [3.05, 3.63) is 58.4 Å². The Bertz CT molecular complexity index is 944. The molecule has 0 unspecified atom stereocenters. The Morgan fingerprint density at radius 1 is 1.14 bits per heavy atom. The molecule has 10 heteroatoms. The first-order valence-corrected chi connectivity index (χ1v) is 8.83. The zero-order chi connectivity index (χ0) is 21.0. The van der Waals surface area contributed by atoms with Gasteiger partial charge in [-0.05, 0) is 18.2 Å². The van der Waals surface area contributed by atoms with Gasteiger partial charge in [0.2, 0.25) is 0 Å². The molecule has 3 rings (SSSR count). The van der Waals surface area contributed by atoms with Crippen LogP contribution in [0.3, 0.4) is 0 Å². The normalized spacial score (nSPS) is 13.7. The van der Waals surface area contributed by atoms with Gasteiger partial charge in [0.25, 0.3) is 5.69 Å². The van der Waals surface area contributed by atoms with E-state index in [2.05, 4.69) is 5.32 Å². The molecule has 2 aromatic rings. The van der Waals surface area contributed by atoms with E-state index in [9.17, 15) is 24.1 Å². The predicted molar refractivity (Wildman–Crippen MR) is 103 cm³/mol.